The molecule has 0 aromatic heterocycles. The Kier molecular flexibility index (Phi) is 4.44. The zero-order chi connectivity index (χ0) is 13.9. The van der Waals surface area contributed by atoms with E-state index >= 15 is 0 Å². The number of carbonyl (C=O) groups is 1. The summed E-state index contributed by atoms with van der Waals surface area (Å²) < 4.78 is 24.9. The lowest BCUT2D eigenvalue weighted by Crippen LogP contribution is -2.32. The van der Waals surface area contributed by atoms with Crippen LogP contribution in [0.4, 0.5) is 5.69 Å². The second kappa shape index (κ2) is 5.47. The van der Waals surface area contributed by atoms with E-state index in [0.717, 1.165) is 4.31 Å². The summed E-state index contributed by atoms with van der Waals surface area (Å²) in [4.78, 5) is 11.5. The number of anilines is 1. The van der Waals surface area contributed by atoms with E-state index in [-0.39, 0.29) is 10.8 Å². The molecule has 0 aliphatic rings. The van der Waals surface area contributed by atoms with Crippen molar-refractivity contribution < 1.29 is 13.2 Å². The summed E-state index contributed by atoms with van der Waals surface area (Å²) in [6.07, 6.45) is 0. The molecule has 1 aromatic carbocycles. The summed E-state index contributed by atoms with van der Waals surface area (Å²) in [5.74, 6) is -0.366. The summed E-state index contributed by atoms with van der Waals surface area (Å²) in [6.45, 7) is 1.55. The van der Waals surface area contributed by atoms with Crippen molar-refractivity contribution in [3.8, 4) is 0 Å². The average Bonchev–Trinajstić information content (AvgIpc) is 2.28. The molecule has 0 spiro atoms. The van der Waals surface area contributed by atoms with Gasteiger partial charge in [0.2, 0.25) is 15.9 Å². The maximum Gasteiger partial charge on any atom is 0.242 e. The number of carbonyl (C=O) groups excluding carboxylic acids is 1. The molecule has 1 aromatic rings. The Hall–Kier alpha value is -1.44. The average molecular weight is 271 g/mol. The van der Waals surface area contributed by atoms with Gasteiger partial charge in [0.05, 0.1) is 10.9 Å². The number of amides is 1. The van der Waals surface area contributed by atoms with Crippen molar-refractivity contribution in [3.63, 3.8) is 0 Å². The predicted octanol–water partition coefficient (Wildman–Crippen LogP) is 0.223. The minimum absolute atomic E-state index is 0.120. The summed E-state index contributed by atoms with van der Waals surface area (Å²) >= 11 is 0. The van der Waals surface area contributed by atoms with Crippen LogP contribution >= 0.6 is 0 Å². The first-order valence-electron chi connectivity index (χ1n) is 5.34. The van der Waals surface area contributed by atoms with Gasteiger partial charge in [-0.15, -0.1) is 0 Å². The lowest BCUT2D eigenvalue weighted by atomic mass is 10.3. The van der Waals surface area contributed by atoms with Crippen molar-refractivity contribution in [3.05, 3.63) is 24.3 Å². The first-order valence-corrected chi connectivity index (χ1v) is 6.78. The van der Waals surface area contributed by atoms with E-state index in [1.165, 1.54) is 26.2 Å². The number of rotatable bonds is 4. The van der Waals surface area contributed by atoms with Crippen LogP contribution in [0.25, 0.3) is 0 Å². The number of nitrogens with two attached hydrogens (primary N) is 1. The van der Waals surface area contributed by atoms with Crippen LogP contribution in [-0.2, 0) is 14.8 Å². The van der Waals surface area contributed by atoms with E-state index in [2.05, 4.69) is 5.32 Å². The number of benzene rings is 1. The second-order valence-electron chi connectivity index (χ2n) is 4.09. The van der Waals surface area contributed by atoms with Gasteiger partial charge < -0.3 is 11.1 Å². The lowest BCUT2D eigenvalue weighted by Gasteiger charge is -2.13. The van der Waals surface area contributed by atoms with Gasteiger partial charge in [0.15, 0.2) is 0 Å². The molecule has 1 rings (SSSR count). The molecule has 0 heterocycles. The quantitative estimate of drug-likeness (QED) is 0.819. The van der Waals surface area contributed by atoms with E-state index in [4.69, 9.17) is 5.73 Å². The van der Waals surface area contributed by atoms with Crippen LogP contribution in [0, 0.1) is 0 Å². The Morgan fingerprint density at radius 2 is 2.00 bits per heavy atom. The molecular formula is C11H17N3O3S. The summed E-state index contributed by atoms with van der Waals surface area (Å²) in [5.41, 5.74) is 5.82. The molecular weight excluding hydrogens is 254 g/mol. The second-order valence-corrected chi connectivity index (χ2v) is 6.25. The van der Waals surface area contributed by atoms with Crippen molar-refractivity contribution in [1.82, 2.24) is 4.31 Å². The van der Waals surface area contributed by atoms with Gasteiger partial charge in [0.1, 0.15) is 0 Å². The SMILES string of the molecule is C[C@@H](N)C(=O)Nc1cccc(S(=O)(=O)N(C)C)c1. The van der Waals surface area contributed by atoms with E-state index in [1.54, 1.807) is 19.1 Å². The molecule has 0 unspecified atom stereocenters. The normalized spacial score (nSPS) is 13.4. The fraction of sp³-hybridized carbons (Fsp3) is 0.364. The van der Waals surface area contributed by atoms with E-state index in [1.807, 2.05) is 0 Å². The molecule has 100 valence electrons. The number of nitrogens with one attached hydrogen (secondary N) is 1. The van der Waals surface area contributed by atoms with Crippen LogP contribution in [0.2, 0.25) is 0 Å². The Morgan fingerprint density at radius 3 is 2.50 bits per heavy atom. The third-order valence-corrected chi connectivity index (χ3v) is 4.10. The molecule has 0 aliphatic heterocycles. The monoisotopic (exact) mass is 271 g/mol. The Morgan fingerprint density at radius 1 is 1.39 bits per heavy atom. The first-order chi connectivity index (χ1) is 8.25. The molecule has 6 nitrogen and oxygen atoms in total. The fourth-order valence-corrected chi connectivity index (χ4v) is 2.15. The highest BCUT2D eigenvalue weighted by atomic mass is 32.2. The zero-order valence-electron chi connectivity index (χ0n) is 10.5. The molecule has 3 N–H and O–H groups in total. The molecule has 0 radical (unpaired) electrons. The van der Waals surface area contributed by atoms with E-state index < -0.39 is 16.1 Å². The molecule has 1 amide bonds. The summed E-state index contributed by atoms with van der Waals surface area (Å²) in [6, 6.07) is 5.38. The molecule has 0 fully saturated rings. The van der Waals surface area contributed by atoms with Crippen molar-refractivity contribution in [2.24, 2.45) is 5.73 Å². The summed E-state index contributed by atoms with van der Waals surface area (Å²) in [5, 5.41) is 2.55. The van der Waals surface area contributed by atoms with Gasteiger partial charge in [-0.25, -0.2) is 12.7 Å². The molecule has 0 bridgehead atoms. The minimum atomic E-state index is -3.50. The van der Waals surface area contributed by atoms with Crippen LogP contribution in [-0.4, -0.2) is 38.8 Å². The zero-order valence-corrected chi connectivity index (χ0v) is 11.4. The smallest absolute Gasteiger partial charge is 0.242 e. The van der Waals surface area contributed by atoms with Gasteiger partial charge in [-0.1, -0.05) is 6.07 Å². The minimum Gasteiger partial charge on any atom is -0.325 e. The highest BCUT2D eigenvalue weighted by Crippen LogP contribution is 2.17. The molecule has 1 atom stereocenters. The molecule has 0 saturated heterocycles. The first kappa shape index (κ1) is 14.6. The number of nitrogens with zero attached hydrogens (tertiary/aromatic N) is 1. The third-order valence-electron chi connectivity index (χ3n) is 2.29. The molecule has 0 aliphatic carbocycles. The van der Waals surface area contributed by atoms with Crippen molar-refractivity contribution in [1.29, 1.82) is 0 Å². The standard InChI is InChI=1S/C11H17N3O3S/c1-8(12)11(15)13-9-5-4-6-10(7-9)18(16,17)14(2)3/h4-8H,12H2,1-3H3,(H,13,15)/t8-/m1/s1. The molecule has 18 heavy (non-hydrogen) atoms. The van der Waals surface area contributed by atoms with Crippen LogP contribution in [0.5, 0.6) is 0 Å². The van der Waals surface area contributed by atoms with Crippen molar-refractivity contribution in [2.75, 3.05) is 19.4 Å². The van der Waals surface area contributed by atoms with Gasteiger partial charge in [-0.3, -0.25) is 4.79 Å². The Labute approximate surface area is 107 Å². The van der Waals surface area contributed by atoms with E-state index in [0.29, 0.717) is 5.69 Å². The van der Waals surface area contributed by atoms with E-state index in [9.17, 15) is 13.2 Å². The predicted molar refractivity (Wildman–Crippen MR) is 69.6 cm³/mol. The van der Waals surface area contributed by atoms with Gasteiger partial charge in [0.25, 0.3) is 0 Å². The van der Waals surface area contributed by atoms with Gasteiger partial charge >= 0.3 is 0 Å². The molecule has 7 heteroatoms. The lowest BCUT2D eigenvalue weighted by molar-refractivity contribution is -0.117. The third kappa shape index (κ3) is 3.28. The Balaban J connectivity index is 3.04. The van der Waals surface area contributed by atoms with Gasteiger partial charge in [-0.05, 0) is 25.1 Å². The summed E-state index contributed by atoms with van der Waals surface area (Å²) in [7, 11) is -0.611. The Bertz CT molecular complexity index is 538. The topological polar surface area (TPSA) is 92.5 Å². The van der Waals surface area contributed by atoms with Gasteiger partial charge in [-0.2, -0.15) is 0 Å². The van der Waals surface area contributed by atoms with Crippen LogP contribution in [0.15, 0.2) is 29.2 Å². The van der Waals surface area contributed by atoms with Crippen molar-refractivity contribution in [2.45, 2.75) is 17.9 Å². The maximum absolute atomic E-state index is 11.9. The van der Waals surface area contributed by atoms with Gasteiger partial charge in [0, 0.05) is 19.8 Å². The van der Waals surface area contributed by atoms with Crippen LogP contribution < -0.4 is 11.1 Å². The van der Waals surface area contributed by atoms with Crippen LogP contribution in [0.1, 0.15) is 6.92 Å². The number of sulfonamides is 1. The highest BCUT2D eigenvalue weighted by molar-refractivity contribution is 7.89. The number of hydrogen-bond donors (Lipinski definition) is 2. The maximum atomic E-state index is 11.9. The van der Waals surface area contributed by atoms with Crippen LogP contribution in [0.3, 0.4) is 0 Å². The number of hydrogen-bond acceptors (Lipinski definition) is 4. The molecule has 0 saturated carbocycles. The van der Waals surface area contributed by atoms with Crippen molar-refractivity contribution >= 4 is 21.6 Å². The fourth-order valence-electron chi connectivity index (χ4n) is 1.20. The highest BCUT2D eigenvalue weighted by Gasteiger charge is 2.17. The largest absolute Gasteiger partial charge is 0.325 e.